The summed E-state index contributed by atoms with van der Waals surface area (Å²) in [4.78, 5) is 18.9. The van der Waals surface area contributed by atoms with Crippen molar-refractivity contribution in [3.8, 4) is 11.6 Å². The molecule has 0 saturated carbocycles. The number of aromatic nitrogens is 1. The van der Waals surface area contributed by atoms with Crippen molar-refractivity contribution >= 4 is 5.91 Å². The van der Waals surface area contributed by atoms with Gasteiger partial charge in [0.05, 0.1) is 5.92 Å². The van der Waals surface area contributed by atoms with Gasteiger partial charge in [0.15, 0.2) is 0 Å². The lowest BCUT2D eigenvalue weighted by Crippen LogP contribution is -2.31. The zero-order chi connectivity index (χ0) is 17.8. The van der Waals surface area contributed by atoms with Crippen molar-refractivity contribution in [2.75, 3.05) is 20.1 Å². The standard InChI is InChI=1S/C20H25N3O2/c1-14-6-4-7-15(2)18(14)25-20-16(8-5-10-21-20)12-22-19(24)17-9-11-23(3)13-17/h4-8,10,17H,9,11-13H2,1-3H3,(H,22,24). The molecule has 1 N–H and O–H groups in total. The first-order chi connectivity index (χ1) is 12.0. The molecule has 2 aromatic rings. The molecule has 5 heteroatoms. The number of aryl methyl sites for hydroxylation is 2. The van der Waals surface area contributed by atoms with Gasteiger partial charge in [-0.25, -0.2) is 4.98 Å². The molecule has 1 aromatic carbocycles. The predicted molar refractivity (Wildman–Crippen MR) is 97.7 cm³/mol. The highest BCUT2D eigenvalue weighted by Crippen LogP contribution is 2.29. The minimum absolute atomic E-state index is 0.0738. The van der Waals surface area contributed by atoms with Crippen LogP contribution in [0.15, 0.2) is 36.5 Å². The van der Waals surface area contributed by atoms with Crippen molar-refractivity contribution in [2.45, 2.75) is 26.8 Å². The number of nitrogens with zero attached hydrogens (tertiary/aromatic N) is 2. The summed E-state index contributed by atoms with van der Waals surface area (Å²) in [6, 6.07) is 9.85. The Bertz CT molecular complexity index is 740. The van der Waals surface area contributed by atoms with Gasteiger partial charge in [-0.05, 0) is 51.1 Å². The average Bonchev–Trinajstić information content (AvgIpc) is 3.03. The van der Waals surface area contributed by atoms with Crippen LogP contribution in [0, 0.1) is 19.8 Å². The van der Waals surface area contributed by atoms with Gasteiger partial charge < -0.3 is 15.0 Å². The van der Waals surface area contributed by atoms with Crippen molar-refractivity contribution in [1.82, 2.24) is 15.2 Å². The van der Waals surface area contributed by atoms with Crippen LogP contribution in [0.5, 0.6) is 11.6 Å². The maximum atomic E-state index is 12.3. The number of hydrogen-bond acceptors (Lipinski definition) is 4. The van der Waals surface area contributed by atoms with Crippen molar-refractivity contribution < 1.29 is 9.53 Å². The Balaban J connectivity index is 1.70. The Hall–Kier alpha value is -2.40. The minimum Gasteiger partial charge on any atom is -0.438 e. The molecule has 0 aliphatic carbocycles. The highest BCUT2D eigenvalue weighted by Gasteiger charge is 2.26. The van der Waals surface area contributed by atoms with E-state index in [2.05, 4.69) is 15.2 Å². The largest absolute Gasteiger partial charge is 0.438 e. The summed E-state index contributed by atoms with van der Waals surface area (Å²) < 4.78 is 6.08. The van der Waals surface area contributed by atoms with Crippen LogP contribution in [0.4, 0.5) is 0 Å². The lowest BCUT2D eigenvalue weighted by atomic mass is 10.1. The van der Waals surface area contributed by atoms with Crippen LogP contribution in [0.25, 0.3) is 0 Å². The zero-order valence-electron chi connectivity index (χ0n) is 15.1. The fourth-order valence-electron chi connectivity index (χ4n) is 3.18. The van der Waals surface area contributed by atoms with E-state index in [0.29, 0.717) is 12.4 Å². The molecule has 0 spiro atoms. The SMILES string of the molecule is Cc1cccc(C)c1Oc1ncccc1CNC(=O)C1CCN(C)C1. The third-order valence-electron chi connectivity index (χ3n) is 4.67. The van der Waals surface area contributed by atoms with E-state index in [1.807, 2.05) is 51.2 Å². The number of rotatable bonds is 5. The van der Waals surface area contributed by atoms with Crippen LogP contribution in [0.2, 0.25) is 0 Å². The van der Waals surface area contributed by atoms with E-state index in [-0.39, 0.29) is 11.8 Å². The molecule has 0 bridgehead atoms. The van der Waals surface area contributed by atoms with Gasteiger partial charge >= 0.3 is 0 Å². The molecule has 1 aromatic heterocycles. The quantitative estimate of drug-likeness (QED) is 0.910. The number of hydrogen-bond donors (Lipinski definition) is 1. The van der Waals surface area contributed by atoms with Crippen LogP contribution >= 0.6 is 0 Å². The Labute approximate surface area is 149 Å². The number of likely N-dealkylation sites (tertiary alicyclic amines) is 1. The number of benzene rings is 1. The second kappa shape index (κ2) is 7.66. The second-order valence-electron chi connectivity index (χ2n) is 6.76. The van der Waals surface area contributed by atoms with Gasteiger partial charge in [0, 0.05) is 24.8 Å². The molecule has 2 heterocycles. The van der Waals surface area contributed by atoms with Crippen molar-refractivity contribution in [2.24, 2.45) is 5.92 Å². The molecule has 3 rings (SSSR count). The molecule has 1 amide bonds. The molecule has 1 saturated heterocycles. The molecule has 1 unspecified atom stereocenters. The number of carbonyl (C=O) groups excluding carboxylic acids is 1. The minimum atomic E-state index is 0.0738. The van der Waals surface area contributed by atoms with E-state index in [1.165, 1.54) is 0 Å². The van der Waals surface area contributed by atoms with Crippen LogP contribution in [-0.4, -0.2) is 35.9 Å². The summed E-state index contributed by atoms with van der Waals surface area (Å²) in [6.45, 7) is 6.26. The van der Waals surface area contributed by atoms with Gasteiger partial charge in [-0.15, -0.1) is 0 Å². The second-order valence-corrected chi connectivity index (χ2v) is 6.76. The number of ether oxygens (including phenoxy) is 1. The highest BCUT2D eigenvalue weighted by molar-refractivity contribution is 5.79. The van der Waals surface area contributed by atoms with Gasteiger partial charge in [0.25, 0.3) is 0 Å². The molecule has 1 aliphatic rings. The molecule has 132 valence electrons. The van der Waals surface area contributed by atoms with E-state index in [1.54, 1.807) is 6.20 Å². The third kappa shape index (κ3) is 4.17. The summed E-state index contributed by atoms with van der Waals surface area (Å²) in [7, 11) is 2.05. The van der Waals surface area contributed by atoms with Crippen LogP contribution in [0.1, 0.15) is 23.1 Å². The fourth-order valence-corrected chi connectivity index (χ4v) is 3.18. The monoisotopic (exact) mass is 339 g/mol. The van der Waals surface area contributed by atoms with Gasteiger partial charge in [0.2, 0.25) is 11.8 Å². The molecule has 0 radical (unpaired) electrons. The third-order valence-corrected chi connectivity index (χ3v) is 4.67. The van der Waals surface area contributed by atoms with E-state index < -0.39 is 0 Å². The fraction of sp³-hybridized carbons (Fsp3) is 0.400. The number of pyridine rings is 1. The van der Waals surface area contributed by atoms with Crippen molar-refractivity contribution in [1.29, 1.82) is 0 Å². The Morgan fingerprint density at radius 2 is 2.04 bits per heavy atom. The Kier molecular flexibility index (Phi) is 5.34. The number of para-hydroxylation sites is 1. The van der Waals surface area contributed by atoms with Crippen LogP contribution in [-0.2, 0) is 11.3 Å². The lowest BCUT2D eigenvalue weighted by Gasteiger charge is -2.15. The number of amides is 1. The molecular weight excluding hydrogens is 314 g/mol. The summed E-state index contributed by atoms with van der Waals surface area (Å²) >= 11 is 0. The summed E-state index contributed by atoms with van der Waals surface area (Å²) in [5.41, 5.74) is 3.01. The topological polar surface area (TPSA) is 54.5 Å². The molecule has 1 aliphatic heterocycles. The van der Waals surface area contributed by atoms with Gasteiger partial charge in [0.1, 0.15) is 5.75 Å². The Morgan fingerprint density at radius 3 is 2.72 bits per heavy atom. The first-order valence-corrected chi connectivity index (χ1v) is 8.69. The zero-order valence-corrected chi connectivity index (χ0v) is 15.1. The number of carbonyl (C=O) groups is 1. The van der Waals surface area contributed by atoms with Crippen molar-refractivity contribution in [3.05, 3.63) is 53.2 Å². The van der Waals surface area contributed by atoms with E-state index in [9.17, 15) is 4.79 Å². The molecule has 1 fully saturated rings. The maximum absolute atomic E-state index is 12.3. The molecule has 25 heavy (non-hydrogen) atoms. The molecule has 5 nitrogen and oxygen atoms in total. The van der Waals surface area contributed by atoms with Crippen molar-refractivity contribution in [3.63, 3.8) is 0 Å². The summed E-state index contributed by atoms with van der Waals surface area (Å²) in [5, 5.41) is 3.03. The average molecular weight is 339 g/mol. The van der Waals surface area contributed by atoms with Crippen LogP contribution < -0.4 is 10.1 Å². The van der Waals surface area contributed by atoms with Gasteiger partial charge in [-0.2, -0.15) is 0 Å². The van der Waals surface area contributed by atoms with E-state index >= 15 is 0 Å². The maximum Gasteiger partial charge on any atom is 0.224 e. The van der Waals surface area contributed by atoms with Crippen LogP contribution in [0.3, 0.4) is 0 Å². The normalized spacial score (nSPS) is 17.5. The molecular formula is C20H25N3O2. The smallest absolute Gasteiger partial charge is 0.224 e. The highest BCUT2D eigenvalue weighted by atomic mass is 16.5. The van der Waals surface area contributed by atoms with Gasteiger partial charge in [-0.1, -0.05) is 24.3 Å². The van der Waals surface area contributed by atoms with E-state index in [4.69, 9.17) is 4.74 Å². The summed E-state index contributed by atoms with van der Waals surface area (Å²) in [5.74, 6) is 1.55. The Morgan fingerprint density at radius 1 is 1.28 bits per heavy atom. The predicted octanol–water partition coefficient (Wildman–Crippen LogP) is 3.06. The molecule has 1 atom stereocenters. The first kappa shape index (κ1) is 17.4. The van der Waals surface area contributed by atoms with E-state index in [0.717, 1.165) is 42.0 Å². The van der Waals surface area contributed by atoms with Gasteiger partial charge in [-0.3, -0.25) is 4.79 Å². The lowest BCUT2D eigenvalue weighted by molar-refractivity contribution is -0.124. The first-order valence-electron chi connectivity index (χ1n) is 8.69. The summed E-state index contributed by atoms with van der Waals surface area (Å²) in [6.07, 6.45) is 2.63. The number of nitrogens with one attached hydrogen (secondary N) is 1.